The van der Waals surface area contributed by atoms with Crippen molar-refractivity contribution in [2.45, 2.75) is 19.8 Å². The van der Waals surface area contributed by atoms with Crippen LogP contribution in [-0.2, 0) is 0 Å². The third-order valence-corrected chi connectivity index (χ3v) is 4.14. The number of nitrogens with zero attached hydrogens (tertiary/aromatic N) is 1. The fraction of sp³-hybridized carbons (Fsp3) is 0.333. The van der Waals surface area contributed by atoms with Crippen molar-refractivity contribution >= 4 is 22.6 Å². The molecule has 0 unspecified atom stereocenters. The summed E-state index contributed by atoms with van der Waals surface area (Å²) in [5.74, 6) is 1.96. The lowest BCUT2D eigenvalue weighted by Gasteiger charge is -2.12. The van der Waals surface area contributed by atoms with Crippen molar-refractivity contribution in [2.24, 2.45) is 0 Å². The molecule has 21 heavy (non-hydrogen) atoms. The molecule has 112 valence electrons. The van der Waals surface area contributed by atoms with Crippen LogP contribution in [0.3, 0.4) is 0 Å². The number of benzene rings is 1. The summed E-state index contributed by atoms with van der Waals surface area (Å²) in [5, 5.41) is 0. The molecule has 1 aromatic heterocycles. The van der Waals surface area contributed by atoms with Crippen LogP contribution >= 0.6 is 22.6 Å². The molecule has 0 bridgehead atoms. The zero-order valence-electron chi connectivity index (χ0n) is 12.4. The largest absolute Gasteiger partial charge is 0.497 e. The standard InChI is InChI=1S/C15H17IN2O3/c1-8(2)13-12(16)15(19)18-14(17-13)10-6-5-9(20-3)7-11(10)21-4/h5-8H,1-4H3,(H,17,18,19). The van der Waals surface area contributed by atoms with Crippen molar-refractivity contribution in [3.63, 3.8) is 0 Å². The molecule has 0 atom stereocenters. The maximum atomic E-state index is 12.1. The van der Waals surface area contributed by atoms with Gasteiger partial charge in [0.2, 0.25) is 0 Å². The predicted molar refractivity (Wildman–Crippen MR) is 90.2 cm³/mol. The van der Waals surface area contributed by atoms with E-state index in [4.69, 9.17) is 9.47 Å². The molecule has 0 fully saturated rings. The van der Waals surface area contributed by atoms with Gasteiger partial charge in [-0.3, -0.25) is 4.79 Å². The zero-order valence-corrected chi connectivity index (χ0v) is 14.5. The van der Waals surface area contributed by atoms with Crippen LogP contribution in [0.2, 0.25) is 0 Å². The zero-order chi connectivity index (χ0) is 15.6. The maximum absolute atomic E-state index is 12.1. The second-order valence-corrected chi connectivity index (χ2v) is 5.91. The van der Waals surface area contributed by atoms with E-state index in [1.54, 1.807) is 20.3 Å². The molecule has 6 heteroatoms. The number of ether oxygens (including phenoxy) is 2. The monoisotopic (exact) mass is 400 g/mol. The predicted octanol–water partition coefficient (Wildman–Crippen LogP) is 3.18. The lowest BCUT2D eigenvalue weighted by atomic mass is 10.1. The number of H-pyrrole nitrogens is 1. The second-order valence-electron chi connectivity index (χ2n) is 4.83. The number of methoxy groups -OCH3 is 2. The summed E-state index contributed by atoms with van der Waals surface area (Å²) >= 11 is 2.03. The topological polar surface area (TPSA) is 64.2 Å². The van der Waals surface area contributed by atoms with Crippen LogP contribution in [0.25, 0.3) is 11.4 Å². The average molecular weight is 400 g/mol. The molecular weight excluding hydrogens is 383 g/mol. The number of aromatic nitrogens is 2. The Balaban J connectivity index is 2.64. The lowest BCUT2D eigenvalue weighted by Crippen LogP contribution is -2.17. The minimum Gasteiger partial charge on any atom is -0.497 e. The number of nitrogens with one attached hydrogen (secondary N) is 1. The van der Waals surface area contributed by atoms with Crippen LogP contribution in [-0.4, -0.2) is 24.2 Å². The Morgan fingerprint density at radius 1 is 1.24 bits per heavy atom. The fourth-order valence-corrected chi connectivity index (χ4v) is 2.86. The van der Waals surface area contributed by atoms with Crippen molar-refractivity contribution in [1.29, 1.82) is 0 Å². The minimum absolute atomic E-state index is 0.137. The van der Waals surface area contributed by atoms with Gasteiger partial charge in [-0.15, -0.1) is 0 Å². The normalized spacial score (nSPS) is 10.8. The molecule has 0 spiro atoms. The summed E-state index contributed by atoms with van der Waals surface area (Å²) in [7, 11) is 3.17. The highest BCUT2D eigenvalue weighted by Crippen LogP contribution is 2.31. The van der Waals surface area contributed by atoms with Crippen molar-refractivity contribution in [1.82, 2.24) is 9.97 Å². The number of rotatable bonds is 4. The third-order valence-electron chi connectivity index (χ3n) is 3.10. The van der Waals surface area contributed by atoms with Crippen molar-refractivity contribution in [3.8, 4) is 22.9 Å². The van der Waals surface area contributed by atoms with Crippen LogP contribution in [0.5, 0.6) is 11.5 Å². The number of hydrogen-bond acceptors (Lipinski definition) is 4. The van der Waals surface area contributed by atoms with Gasteiger partial charge in [-0.05, 0) is 40.6 Å². The summed E-state index contributed by atoms with van der Waals surface area (Å²) in [6.45, 7) is 4.03. The molecule has 0 aliphatic rings. The molecule has 0 radical (unpaired) electrons. The van der Waals surface area contributed by atoms with Gasteiger partial charge < -0.3 is 14.5 Å². The quantitative estimate of drug-likeness (QED) is 0.801. The van der Waals surface area contributed by atoms with Gasteiger partial charge in [-0.25, -0.2) is 4.98 Å². The second kappa shape index (κ2) is 6.46. The van der Waals surface area contributed by atoms with Crippen molar-refractivity contribution < 1.29 is 9.47 Å². The summed E-state index contributed by atoms with van der Waals surface area (Å²) in [6.07, 6.45) is 0. The minimum atomic E-state index is -0.137. The van der Waals surface area contributed by atoms with E-state index in [0.717, 1.165) is 11.3 Å². The number of aromatic amines is 1. The Bertz CT molecular complexity index is 711. The SMILES string of the molecule is COc1ccc(-c2nc(C(C)C)c(I)c(=O)[nH]2)c(OC)c1. The molecule has 1 aromatic carbocycles. The van der Waals surface area contributed by atoms with E-state index in [2.05, 4.69) is 9.97 Å². The molecule has 0 amide bonds. The molecule has 1 heterocycles. The Hall–Kier alpha value is -1.57. The van der Waals surface area contributed by atoms with Crippen LogP contribution in [0, 0.1) is 3.57 Å². The van der Waals surface area contributed by atoms with Crippen LogP contribution in [0.15, 0.2) is 23.0 Å². The number of hydrogen-bond donors (Lipinski definition) is 1. The Labute approximate surface area is 136 Å². The molecule has 0 aliphatic heterocycles. The van der Waals surface area contributed by atoms with Gasteiger partial charge in [0.1, 0.15) is 17.3 Å². The summed E-state index contributed by atoms with van der Waals surface area (Å²) in [5.41, 5.74) is 1.38. The van der Waals surface area contributed by atoms with Gasteiger partial charge in [0.15, 0.2) is 0 Å². The first-order chi connectivity index (χ1) is 9.97. The molecule has 0 aliphatic carbocycles. The molecule has 5 nitrogen and oxygen atoms in total. The summed E-state index contributed by atoms with van der Waals surface area (Å²) in [4.78, 5) is 19.5. The van der Waals surface area contributed by atoms with Gasteiger partial charge in [-0.2, -0.15) is 0 Å². The van der Waals surface area contributed by atoms with Crippen LogP contribution in [0.4, 0.5) is 0 Å². The molecule has 1 N–H and O–H groups in total. The number of halogens is 1. The van der Waals surface area contributed by atoms with E-state index in [0.29, 0.717) is 20.9 Å². The van der Waals surface area contributed by atoms with E-state index >= 15 is 0 Å². The highest BCUT2D eigenvalue weighted by Gasteiger charge is 2.16. The first-order valence-electron chi connectivity index (χ1n) is 6.50. The Kier molecular flexibility index (Phi) is 4.87. The molecule has 2 aromatic rings. The smallest absolute Gasteiger partial charge is 0.264 e. The van der Waals surface area contributed by atoms with E-state index < -0.39 is 0 Å². The Morgan fingerprint density at radius 3 is 2.52 bits per heavy atom. The van der Waals surface area contributed by atoms with Gasteiger partial charge in [-0.1, -0.05) is 13.8 Å². The third kappa shape index (κ3) is 3.20. The maximum Gasteiger partial charge on any atom is 0.264 e. The van der Waals surface area contributed by atoms with E-state index in [1.807, 2.05) is 48.6 Å². The first-order valence-corrected chi connectivity index (χ1v) is 7.58. The van der Waals surface area contributed by atoms with Crippen molar-refractivity contribution in [3.05, 3.63) is 37.8 Å². The molecule has 2 rings (SSSR count). The average Bonchev–Trinajstić information content (AvgIpc) is 2.48. The highest BCUT2D eigenvalue weighted by atomic mass is 127. The van der Waals surface area contributed by atoms with E-state index in [-0.39, 0.29) is 11.5 Å². The van der Waals surface area contributed by atoms with E-state index in [9.17, 15) is 4.79 Å². The van der Waals surface area contributed by atoms with Gasteiger partial charge in [0, 0.05) is 6.07 Å². The van der Waals surface area contributed by atoms with E-state index in [1.165, 1.54) is 0 Å². The molecule has 0 saturated carbocycles. The first kappa shape index (κ1) is 15.8. The summed E-state index contributed by atoms with van der Waals surface area (Å²) < 4.78 is 11.2. The van der Waals surface area contributed by atoms with Crippen molar-refractivity contribution in [2.75, 3.05) is 14.2 Å². The highest BCUT2D eigenvalue weighted by molar-refractivity contribution is 14.1. The van der Waals surface area contributed by atoms with Crippen LogP contribution < -0.4 is 15.0 Å². The summed E-state index contributed by atoms with van der Waals surface area (Å²) in [6, 6.07) is 5.40. The van der Waals surface area contributed by atoms with Gasteiger partial charge in [0.05, 0.1) is 29.0 Å². The Morgan fingerprint density at radius 2 is 1.95 bits per heavy atom. The molecular formula is C15H17IN2O3. The lowest BCUT2D eigenvalue weighted by molar-refractivity contribution is 0.395. The van der Waals surface area contributed by atoms with Gasteiger partial charge >= 0.3 is 0 Å². The van der Waals surface area contributed by atoms with Crippen LogP contribution in [0.1, 0.15) is 25.5 Å². The van der Waals surface area contributed by atoms with Gasteiger partial charge in [0.25, 0.3) is 5.56 Å². The fourth-order valence-electron chi connectivity index (χ4n) is 1.98. The molecule has 0 saturated heterocycles.